The molecule has 0 unspecified atom stereocenters. The molecule has 0 aliphatic rings. The lowest BCUT2D eigenvalue weighted by Crippen LogP contribution is -2.19. The van der Waals surface area contributed by atoms with Gasteiger partial charge in [0.25, 0.3) is 22.7 Å². The van der Waals surface area contributed by atoms with Crippen LogP contribution in [0.15, 0.2) is 46.6 Å². The molecule has 2 aromatic rings. The van der Waals surface area contributed by atoms with Gasteiger partial charge in [0.2, 0.25) is 11.8 Å². The van der Waals surface area contributed by atoms with Crippen LogP contribution in [0.2, 0.25) is 0 Å². The first-order valence-corrected chi connectivity index (χ1v) is 11.7. The summed E-state index contributed by atoms with van der Waals surface area (Å²) < 4.78 is 0. The zero-order chi connectivity index (χ0) is 28.9. The molecule has 0 fully saturated rings. The molecular weight excluding hydrogens is 544 g/mol. The van der Waals surface area contributed by atoms with E-state index in [4.69, 9.17) is 0 Å². The lowest BCUT2D eigenvalue weighted by Gasteiger charge is -2.02. The average molecular weight is 562 g/mol. The Kier molecular flexibility index (Phi) is 11.1. The lowest BCUT2D eigenvalue weighted by molar-refractivity contribution is -0.394. The fraction of sp³-hybridized carbons (Fsp3) is 0.200. The third kappa shape index (κ3) is 9.57. The van der Waals surface area contributed by atoms with E-state index < -0.39 is 54.3 Å². The molecule has 204 valence electrons. The van der Waals surface area contributed by atoms with Crippen molar-refractivity contribution in [1.82, 2.24) is 10.9 Å². The van der Waals surface area contributed by atoms with E-state index in [9.17, 15) is 50.0 Å². The number of amides is 2. The molecule has 0 atom stereocenters. The van der Waals surface area contributed by atoms with Gasteiger partial charge in [-0.2, -0.15) is 22.0 Å². The van der Waals surface area contributed by atoms with Gasteiger partial charge in [-0.25, -0.2) is 10.9 Å². The summed E-state index contributed by atoms with van der Waals surface area (Å²) in [5, 5.41) is 50.9. The number of nitro benzene ring substituents is 4. The summed E-state index contributed by atoms with van der Waals surface area (Å²) >= 11 is 1.26. The molecule has 18 nitrogen and oxygen atoms in total. The van der Waals surface area contributed by atoms with Gasteiger partial charge in [-0.3, -0.25) is 50.0 Å². The van der Waals surface area contributed by atoms with Crippen molar-refractivity contribution in [3.8, 4) is 0 Å². The molecule has 0 spiro atoms. The lowest BCUT2D eigenvalue weighted by atomic mass is 10.2. The highest BCUT2D eigenvalue weighted by molar-refractivity contribution is 7.99. The van der Waals surface area contributed by atoms with Crippen LogP contribution in [0.25, 0.3) is 0 Å². The number of nitrogens with one attached hydrogen (secondary N) is 2. The number of nitro groups is 4. The van der Waals surface area contributed by atoms with E-state index in [-0.39, 0.29) is 24.0 Å². The van der Waals surface area contributed by atoms with Crippen molar-refractivity contribution in [3.63, 3.8) is 0 Å². The predicted octanol–water partition coefficient (Wildman–Crippen LogP) is 2.43. The molecular formula is C20H18N8O10S. The molecule has 0 aliphatic heterocycles. The molecule has 0 saturated carbocycles. The van der Waals surface area contributed by atoms with E-state index in [0.717, 1.165) is 48.8 Å². The quantitative estimate of drug-likeness (QED) is 0.146. The summed E-state index contributed by atoms with van der Waals surface area (Å²) in [6.45, 7) is 0. The highest BCUT2D eigenvalue weighted by Gasteiger charge is 2.19. The van der Waals surface area contributed by atoms with Crippen molar-refractivity contribution in [3.05, 3.63) is 88.0 Å². The van der Waals surface area contributed by atoms with Crippen molar-refractivity contribution >= 4 is 58.8 Å². The molecule has 19 heteroatoms. The molecule has 0 heterocycles. The minimum absolute atomic E-state index is 0.00788. The molecule has 2 N–H and O–H groups in total. The molecule has 2 rings (SSSR count). The Bertz CT molecular complexity index is 1260. The first kappa shape index (κ1) is 29.9. The number of hydrogen-bond donors (Lipinski definition) is 2. The van der Waals surface area contributed by atoms with E-state index in [1.54, 1.807) is 0 Å². The topological polar surface area (TPSA) is 255 Å². The largest absolute Gasteiger partial charge is 0.285 e. The van der Waals surface area contributed by atoms with Crippen LogP contribution in [0.1, 0.15) is 24.0 Å². The van der Waals surface area contributed by atoms with Crippen LogP contribution in [0.3, 0.4) is 0 Å². The fourth-order valence-electron chi connectivity index (χ4n) is 2.72. The summed E-state index contributed by atoms with van der Waals surface area (Å²) in [6.07, 6.45) is 1.99. The van der Waals surface area contributed by atoms with Gasteiger partial charge in [0, 0.05) is 36.5 Å². The first-order chi connectivity index (χ1) is 18.5. The third-order valence-electron chi connectivity index (χ3n) is 4.58. The number of benzene rings is 2. The van der Waals surface area contributed by atoms with E-state index in [2.05, 4.69) is 21.1 Å². The van der Waals surface area contributed by atoms with Gasteiger partial charge in [-0.15, -0.1) is 0 Å². The van der Waals surface area contributed by atoms with Gasteiger partial charge in [-0.1, -0.05) is 0 Å². The summed E-state index contributed by atoms with van der Waals surface area (Å²) in [5.41, 5.74) is 2.24. The van der Waals surface area contributed by atoms with Gasteiger partial charge in [0.15, 0.2) is 0 Å². The number of carbonyl (C=O) groups excluding carboxylic acids is 2. The van der Waals surface area contributed by atoms with Crippen molar-refractivity contribution in [1.29, 1.82) is 0 Å². The molecule has 2 amide bonds. The summed E-state index contributed by atoms with van der Waals surface area (Å²) in [4.78, 5) is 64.2. The van der Waals surface area contributed by atoms with Crippen LogP contribution in [-0.4, -0.2) is 55.4 Å². The number of rotatable bonds is 14. The van der Waals surface area contributed by atoms with Gasteiger partial charge in [-0.05, 0) is 12.1 Å². The minimum atomic E-state index is -0.812. The van der Waals surface area contributed by atoms with E-state index in [1.807, 2.05) is 0 Å². The number of hydrogen-bond acceptors (Lipinski definition) is 13. The number of carbonyl (C=O) groups is 2. The normalized spacial score (nSPS) is 10.9. The minimum Gasteiger partial charge on any atom is -0.273 e. The average Bonchev–Trinajstić information content (AvgIpc) is 2.88. The molecule has 0 bridgehead atoms. The Balaban J connectivity index is 1.73. The maximum atomic E-state index is 11.9. The van der Waals surface area contributed by atoms with Crippen LogP contribution in [0.4, 0.5) is 22.7 Å². The van der Waals surface area contributed by atoms with E-state index >= 15 is 0 Å². The smallest absolute Gasteiger partial charge is 0.273 e. The summed E-state index contributed by atoms with van der Waals surface area (Å²) in [5.74, 6) is -0.404. The summed E-state index contributed by atoms with van der Waals surface area (Å²) in [7, 11) is 0. The number of non-ortho nitro benzene ring substituents is 2. The fourth-order valence-corrected chi connectivity index (χ4v) is 3.58. The molecule has 0 saturated heterocycles. The second-order valence-electron chi connectivity index (χ2n) is 7.21. The Morgan fingerprint density at radius 2 is 1.08 bits per heavy atom. The SMILES string of the molecule is O=C(CCSCCC(=O)N/N=C/c1ccc([N+](=O)[O-])cc1[N+](=O)[O-])N/N=C/c1ccc([N+](=O)[O-])cc1[N+](=O)[O-]. The second-order valence-corrected chi connectivity index (χ2v) is 8.44. The maximum Gasteiger partial charge on any atom is 0.285 e. The predicted molar refractivity (Wildman–Crippen MR) is 138 cm³/mol. The molecule has 0 aromatic heterocycles. The number of hydrazone groups is 2. The maximum absolute atomic E-state index is 11.9. The van der Waals surface area contributed by atoms with Crippen molar-refractivity contribution < 1.29 is 29.3 Å². The van der Waals surface area contributed by atoms with E-state index in [0.29, 0.717) is 11.5 Å². The monoisotopic (exact) mass is 562 g/mol. The zero-order valence-corrected chi connectivity index (χ0v) is 20.4. The van der Waals surface area contributed by atoms with E-state index in [1.165, 1.54) is 11.8 Å². The van der Waals surface area contributed by atoms with Gasteiger partial charge >= 0.3 is 0 Å². The Labute approximate surface area is 221 Å². The Morgan fingerprint density at radius 3 is 1.41 bits per heavy atom. The highest BCUT2D eigenvalue weighted by Crippen LogP contribution is 2.24. The Morgan fingerprint density at radius 1 is 0.692 bits per heavy atom. The molecule has 0 radical (unpaired) electrons. The van der Waals surface area contributed by atoms with Crippen LogP contribution < -0.4 is 10.9 Å². The number of nitrogens with zero attached hydrogens (tertiary/aromatic N) is 6. The van der Waals surface area contributed by atoms with Crippen molar-refractivity contribution in [2.24, 2.45) is 10.2 Å². The second kappa shape index (κ2) is 14.4. The first-order valence-electron chi connectivity index (χ1n) is 10.6. The number of thioether (sulfide) groups is 1. The van der Waals surface area contributed by atoms with Gasteiger partial charge in [0.05, 0.1) is 55.4 Å². The molecule has 2 aromatic carbocycles. The van der Waals surface area contributed by atoms with Crippen molar-refractivity contribution in [2.75, 3.05) is 11.5 Å². The highest BCUT2D eigenvalue weighted by atomic mass is 32.2. The molecule has 0 aliphatic carbocycles. The van der Waals surface area contributed by atoms with Crippen LogP contribution in [0.5, 0.6) is 0 Å². The summed E-state index contributed by atoms with van der Waals surface area (Å²) in [6, 6.07) is 5.94. The van der Waals surface area contributed by atoms with Crippen LogP contribution >= 0.6 is 11.8 Å². The van der Waals surface area contributed by atoms with Gasteiger partial charge in [0.1, 0.15) is 0 Å². The third-order valence-corrected chi connectivity index (χ3v) is 5.56. The van der Waals surface area contributed by atoms with Crippen LogP contribution in [0, 0.1) is 40.5 Å². The molecule has 39 heavy (non-hydrogen) atoms. The zero-order valence-electron chi connectivity index (χ0n) is 19.6. The standard InChI is InChI=1S/C20H18N8O10S/c29-19(23-21-11-13-1-3-15(25(31)32)9-17(13)27(35)36)5-7-39-8-6-20(30)24-22-12-14-2-4-16(26(33)34)10-18(14)28(37)38/h1-4,9-12H,5-8H2,(H,23,29)(H,24,30)/b21-11+,22-12+. The van der Waals surface area contributed by atoms with Crippen LogP contribution in [-0.2, 0) is 9.59 Å². The van der Waals surface area contributed by atoms with Gasteiger partial charge < -0.3 is 0 Å². The Hall–Kier alpha value is -5.33. The van der Waals surface area contributed by atoms with Crippen molar-refractivity contribution in [2.45, 2.75) is 12.8 Å².